The summed E-state index contributed by atoms with van der Waals surface area (Å²) in [5.74, 6) is 0. The van der Waals surface area contributed by atoms with Crippen molar-refractivity contribution in [3.8, 4) is 66.8 Å². The Bertz CT molecular complexity index is 3390. The number of hydrogen-bond acceptors (Lipinski definition) is 1. The molecular formula is C58H41N. The second-order valence-corrected chi connectivity index (χ2v) is 14.4. The standard InChI is InChI=1S/C58H41N/c1-4-14-42(15-5-1)49-22-12-23-50(36-49)46-28-32-56(33-29-46)59(58-25-13-24-51(41-58)52-27-26-45-20-10-11-21-48(45)37-52)57-34-30-47(31-35-57)55-39-53(43-16-6-2-7-17-43)38-54(40-55)44-18-8-3-9-19-44/h1-41H/i28D,29D,30D,31D,32D,33D,34D,35D. The minimum atomic E-state index is -0.407. The fourth-order valence-electron chi connectivity index (χ4n) is 7.54. The molecule has 0 heterocycles. The van der Waals surface area contributed by atoms with Crippen LogP contribution in [0.25, 0.3) is 77.5 Å². The van der Waals surface area contributed by atoms with Crippen LogP contribution in [-0.2, 0) is 0 Å². The lowest BCUT2D eigenvalue weighted by Gasteiger charge is -2.26. The minimum Gasteiger partial charge on any atom is -0.310 e. The van der Waals surface area contributed by atoms with Crippen LogP contribution in [0.1, 0.15) is 11.0 Å². The Morgan fingerprint density at radius 1 is 0.220 bits per heavy atom. The maximum absolute atomic E-state index is 9.78. The third-order valence-electron chi connectivity index (χ3n) is 10.6. The van der Waals surface area contributed by atoms with E-state index >= 15 is 0 Å². The summed E-state index contributed by atoms with van der Waals surface area (Å²) in [5, 5.41) is 2.09. The van der Waals surface area contributed by atoms with Crippen molar-refractivity contribution in [1.82, 2.24) is 0 Å². The van der Waals surface area contributed by atoms with Gasteiger partial charge in [-0.1, -0.05) is 182 Å². The molecule has 0 aliphatic heterocycles. The summed E-state index contributed by atoms with van der Waals surface area (Å²) in [6.45, 7) is 0. The van der Waals surface area contributed by atoms with Crippen LogP contribution in [0, 0.1) is 0 Å². The van der Waals surface area contributed by atoms with Crippen LogP contribution < -0.4 is 4.90 Å². The van der Waals surface area contributed by atoms with Crippen molar-refractivity contribution < 1.29 is 11.0 Å². The Labute approximate surface area is 358 Å². The van der Waals surface area contributed by atoms with Crippen LogP contribution in [0.5, 0.6) is 0 Å². The minimum absolute atomic E-state index is 0.0896. The quantitative estimate of drug-likeness (QED) is 0.142. The zero-order valence-corrected chi connectivity index (χ0v) is 32.0. The number of fused-ring (bicyclic) bond motifs is 1. The topological polar surface area (TPSA) is 3.24 Å². The lowest BCUT2D eigenvalue weighted by Crippen LogP contribution is -2.10. The number of hydrogen-bond donors (Lipinski definition) is 0. The van der Waals surface area contributed by atoms with Crippen LogP contribution in [0.2, 0.25) is 0 Å². The summed E-state index contributed by atoms with van der Waals surface area (Å²) >= 11 is 0. The largest absolute Gasteiger partial charge is 0.310 e. The van der Waals surface area contributed by atoms with Gasteiger partial charge < -0.3 is 4.90 Å². The third kappa shape index (κ3) is 7.58. The van der Waals surface area contributed by atoms with Gasteiger partial charge in [0.2, 0.25) is 0 Å². The number of benzene rings is 10. The predicted molar refractivity (Wildman–Crippen MR) is 251 cm³/mol. The number of anilines is 3. The lowest BCUT2D eigenvalue weighted by atomic mass is 9.93. The van der Waals surface area contributed by atoms with Crippen molar-refractivity contribution >= 4 is 27.8 Å². The molecule has 0 saturated carbocycles. The van der Waals surface area contributed by atoms with Gasteiger partial charge in [-0.05, 0) is 144 Å². The van der Waals surface area contributed by atoms with E-state index in [0.717, 1.165) is 55.3 Å². The molecular weight excluding hydrogens is 711 g/mol. The molecule has 10 aromatic carbocycles. The summed E-state index contributed by atoms with van der Waals surface area (Å²) in [4.78, 5) is 1.37. The first kappa shape index (κ1) is 27.8. The van der Waals surface area contributed by atoms with Crippen molar-refractivity contribution in [2.24, 2.45) is 0 Å². The van der Waals surface area contributed by atoms with Crippen molar-refractivity contribution in [1.29, 1.82) is 0 Å². The SMILES string of the molecule is [2H]c1c([2H])c(N(c2cccc(-c3ccc4ccccc4c3)c2)c2c([2H])c([2H])c(-c3cc(-c4ccccc4)cc(-c4ccccc4)c3)c([2H])c2[2H])c([2H])c([2H])c1-c1cccc(-c2ccccc2)c1. The van der Waals surface area contributed by atoms with E-state index in [9.17, 15) is 11.0 Å². The lowest BCUT2D eigenvalue weighted by molar-refractivity contribution is 1.28. The highest BCUT2D eigenvalue weighted by atomic mass is 15.1. The van der Waals surface area contributed by atoms with E-state index in [1.165, 1.54) is 4.90 Å². The average molecular weight is 760 g/mol. The van der Waals surface area contributed by atoms with Crippen LogP contribution in [-0.4, -0.2) is 0 Å². The smallest absolute Gasteiger partial charge is 0.0645 e. The molecule has 1 nitrogen and oxygen atoms in total. The van der Waals surface area contributed by atoms with Gasteiger partial charge in [-0.3, -0.25) is 0 Å². The molecule has 0 fully saturated rings. The molecule has 59 heavy (non-hydrogen) atoms. The van der Waals surface area contributed by atoms with Gasteiger partial charge in [0.15, 0.2) is 0 Å². The summed E-state index contributed by atoms with van der Waals surface area (Å²) in [6.07, 6.45) is 0. The fraction of sp³-hybridized carbons (Fsp3) is 0. The Balaban J connectivity index is 1.20. The molecule has 0 aliphatic rings. The maximum Gasteiger partial charge on any atom is 0.0645 e. The van der Waals surface area contributed by atoms with E-state index in [4.69, 9.17) is 0 Å². The third-order valence-corrected chi connectivity index (χ3v) is 10.6. The molecule has 1 heteroatoms. The molecule has 0 bridgehead atoms. The highest BCUT2D eigenvalue weighted by Gasteiger charge is 2.16. The Kier molecular flexibility index (Phi) is 7.54. The van der Waals surface area contributed by atoms with Crippen LogP contribution in [0.4, 0.5) is 17.1 Å². The van der Waals surface area contributed by atoms with Gasteiger partial charge in [0.1, 0.15) is 0 Å². The van der Waals surface area contributed by atoms with Gasteiger partial charge in [-0.15, -0.1) is 0 Å². The van der Waals surface area contributed by atoms with Gasteiger partial charge in [-0.2, -0.15) is 0 Å². The number of nitrogens with zero attached hydrogens (tertiary/aromatic N) is 1. The first-order valence-electron chi connectivity index (χ1n) is 23.6. The normalized spacial score (nSPS) is 12.9. The van der Waals surface area contributed by atoms with Gasteiger partial charge in [0.25, 0.3) is 0 Å². The highest BCUT2D eigenvalue weighted by molar-refractivity contribution is 5.89. The molecule has 0 radical (unpaired) electrons. The second-order valence-electron chi connectivity index (χ2n) is 14.4. The van der Waals surface area contributed by atoms with Crippen LogP contribution in [0.3, 0.4) is 0 Å². The molecule has 10 rings (SSSR count). The van der Waals surface area contributed by atoms with Gasteiger partial charge in [-0.25, -0.2) is 0 Å². The predicted octanol–water partition coefficient (Wildman–Crippen LogP) is 16.3. The molecule has 0 saturated heterocycles. The molecule has 0 N–H and O–H groups in total. The fourth-order valence-corrected chi connectivity index (χ4v) is 7.54. The Morgan fingerprint density at radius 2 is 0.593 bits per heavy atom. The van der Waals surface area contributed by atoms with Crippen molar-refractivity contribution in [2.75, 3.05) is 4.90 Å². The Hall–Kier alpha value is -7.74. The maximum atomic E-state index is 9.78. The highest BCUT2D eigenvalue weighted by Crippen LogP contribution is 2.40. The second kappa shape index (κ2) is 16.0. The molecule has 0 unspecified atom stereocenters. The molecule has 0 amide bonds. The van der Waals surface area contributed by atoms with E-state index in [1.807, 2.05) is 176 Å². The van der Waals surface area contributed by atoms with Crippen molar-refractivity contribution in [2.45, 2.75) is 0 Å². The molecule has 0 aliphatic carbocycles. The van der Waals surface area contributed by atoms with E-state index in [0.29, 0.717) is 16.8 Å². The van der Waals surface area contributed by atoms with E-state index < -0.39 is 24.2 Å². The first-order valence-corrected chi connectivity index (χ1v) is 19.6. The summed E-state index contributed by atoms with van der Waals surface area (Å²) in [5.41, 5.74) is 8.01. The van der Waals surface area contributed by atoms with Crippen LogP contribution >= 0.6 is 0 Å². The monoisotopic (exact) mass is 759 g/mol. The van der Waals surface area contributed by atoms with Crippen LogP contribution in [0.15, 0.2) is 249 Å². The zero-order chi connectivity index (χ0) is 46.3. The van der Waals surface area contributed by atoms with Crippen molar-refractivity contribution in [3.63, 3.8) is 0 Å². The zero-order valence-electron chi connectivity index (χ0n) is 40.0. The molecule has 0 atom stereocenters. The van der Waals surface area contributed by atoms with Gasteiger partial charge >= 0.3 is 0 Å². The van der Waals surface area contributed by atoms with Crippen molar-refractivity contribution in [3.05, 3.63) is 249 Å². The Morgan fingerprint density at radius 3 is 1.15 bits per heavy atom. The molecule has 278 valence electrons. The molecule has 0 spiro atoms. The number of rotatable bonds is 9. The molecule has 10 aromatic rings. The van der Waals surface area contributed by atoms with E-state index in [-0.39, 0.29) is 46.7 Å². The molecule has 0 aromatic heterocycles. The van der Waals surface area contributed by atoms with Gasteiger partial charge in [0, 0.05) is 17.1 Å². The van der Waals surface area contributed by atoms with Gasteiger partial charge in [0.05, 0.1) is 11.0 Å². The first-order chi connectivity index (χ1) is 32.6. The summed E-state index contributed by atoms with van der Waals surface area (Å²) < 4.78 is 77.2. The average Bonchev–Trinajstić information content (AvgIpc) is 3.38. The summed E-state index contributed by atoms with van der Waals surface area (Å²) in [6, 6.07) is 61.0. The van der Waals surface area contributed by atoms with E-state index in [1.54, 1.807) is 18.2 Å². The summed E-state index contributed by atoms with van der Waals surface area (Å²) in [7, 11) is 0. The van der Waals surface area contributed by atoms with E-state index in [2.05, 4.69) is 6.07 Å².